The fourth-order valence-electron chi connectivity index (χ4n) is 2.17. The normalized spacial score (nSPS) is 15.3. The lowest BCUT2D eigenvalue weighted by molar-refractivity contribution is -0.143. The summed E-state index contributed by atoms with van der Waals surface area (Å²) in [4.78, 5) is 23.0. The summed E-state index contributed by atoms with van der Waals surface area (Å²) in [6.07, 6.45) is 2.61. The van der Waals surface area contributed by atoms with Crippen molar-refractivity contribution in [1.29, 1.82) is 0 Å². The van der Waals surface area contributed by atoms with Gasteiger partial charge in [-0.1, -0.05) is 12.1 Å². The lowest BCUT2D eigenvalue weighted by atomic mass is 10.1. The number of rotatable bonds is 5. The smallest absolute Gasteiger partial charge is 0.311 e. The van der Waals surface area contributed by atoms with Crippen LogP contribution in [0, 0.1) is 11.2 Å². The van der Waals surface area contributed by atoms with Gasteiger partial charge in [0.15, 0.2) is 5.69 Å². The van der Waals surface area contributed by atoms with Crippen LogP contribution in [0.3, 0.4) is 0 Å². The van der Waals surface area contributed by atoms with E-state index in [1.54, 1.807) is 18.2 Å². The summed E-state index contributed by atoms with van der Waals surface area (Å²) in [7, 11) is 0. The van der Waals surface area contributed by atoms with E-state index in [0.29, 0.717) is 12.8 Å². The topological polar surface area (TPSA) is 84.2 Å². The standard InChI is InChI=1S/C15H14FN3O3/c16-10-3-1-2-4-12(10)19-8-5-11(18-19)13(20)17-9-15(6-7-15)14(21)22/h1-5,8H,6-7,9H2,(H,17,20)(H,21,22). The van der Waals surface area contributed by atoms with E-state index >= 15 is 0 Å². The fraction of sp³-hybridized carbons (Fsp3) is 0.267. The third kappa shape index (κ3) is 2.57. The Hall–Kier alpha value is -2.70. The molecule has 1 aromatic heterocycles. The maximum Gasteiger partial charge on any atom is 0.311 e. The highest BCUT2D eigenvalue weighted by atomic mass is 19.1. The Bertz CT molecular complexity index is 737. The summed E-state index contributed by atoms with van der Waals surface area (Å²) in [5.74, 6) is -1.81. The van der Waals surface area contributed by atoms with Gasteiger partial charge in [-0.15, -0.1) is 0 Å². The molecule has 0 unspecified atom stereocenters. The van der Waals surface area contributed by atoms with Gasteiger partial charge in [-0.2, -0.15) is 5.10 Å². The number of halogens is 1. The third-order valence-electron chi connectivity index (χ3n) is 3.82. The van der Waals surface area contributed by atoms with Gasteiger partial charge in [-0.25, -0.2) is 9.07 Å². The van der Waals surface area contributed by atoms with Gasteiger partial charge in [0.2, 0.25) is 0 Å². The third-order valence-corrected chi connectivity index (χ3v) is 3.82. The molecule has 114 valence electrons. The first-order chi connectivity index (χ1) is 10.5. The van der Waals surface area contributed by atoms with Crippen LogP contribution in [-0.4, -0.2) is 33.3 Å². The van der Waals surface area contributed by atoms with Gasteiger partial charge in [0.25, 0.3) is 5.91 Å². The van der Waals surface area contributed by atoms with Gasteiger partial charge in [0, 0.05) is 12.7 Å². The van der Waals surface area contributed by atoms with Crippen molar-refractivity contribution in [3.63, 3.8) is 0 Å². The molecule has 0 spiro atoms. The van der Waals surface area contributed by atoms with Crippen molar-refractivity contribution in [3.8, 4) is 5.69 Å². The maximum absolute atomic E-state index is 13.7. The summed E-state index contributed by atoms with van der Waals surface area (Å²) in [6.45, 7) is 0.0771. The number of aliphatic carboxylic acids is 1. The Labute approximate surface area is 125 Å². The Morgan fingerprint density at radius 2 is 2.05 bits per heavy atom. The van der Waals surface area contributed by atoms with Crippen molar-refractivity contribution < 1.29 is 19.1 Å². The van der Waals surface area contributed by atoms with Gasteiger partial charge in [-0.05, 0) is 31.0 Å². The lowest BCUT2D eigenvalue weighted by Crippen LogP contribution is -2.34. The minimum Gasteiger partial charge on any atom is -0.481 e. The number of carboxylic acid groups (broad SMARTS) is 1. The first kappa shape index (κ1) is 14.2. The molecule has 0 aliphatic heterocycles. The van der Waals surface area contributed by atoms with Crippen molar-refractivity contribution in [2.24, 2.45) is 5.41 Å². The largest absolute Gasteiger partial charge is 0.481 e. The number of amides is 1. The molecule has 1 aromatic carbocycles. The summed E-state index contributed by atoms with van der Waals surface area (Å²) in [6, 6.07) is 7.55. The molecule has 3 rings (SSSR count). The fourth-order valence-corrected chi connectivity index (χ4v) is 2.17. The molecule has 1 aliphatic carbocycles. The van der Waals surface area contributed by atoms with Crippen molar-refractivity contribution in [2.45, 2.75) is 12.8 Å². The summed E-state index contributed by atoms with van der Waals surface area (Å²) >= 11 is 0. The zero-order valence-electron chi connectivity index (χ0n) is 11.6. The number of hydrogen-bond acceptors (Lipinski definition) is 3. The molecular formula is C15H14FN3O3. The highest BCUT2D eigenvalue weighted by Gasteiger charge is 2.50. The van der Waals surface area contributed by atoms with E-state index in [1.807, 2.05) is 0 Å². The average Bonchev–Trinajstić information content (AvgIpc) is 3.15. The molecule has 1 aliphatic rings. The minimum atomic E-state index is -0.898. The Morgan fingerprint density at radius 1 is 1.32 bits per heavy atom. The highest BCUT2D eigenvalue weighted by molar-refractivity contribution is 5.92. The number of hydrogen-bond donors (Lipinski definition) is 2. The first-order valence-corrected chi connectivity index (χ1v) is 6.84. The van der Waals surface area contributed by atoms with Crippen LogP contribution in [0.25, 0.3) is 5.69 Å². The molecule has 1 heterocycles. The second kappa shape index (κ2) is 5.25. The number of carbonyl (C=O) groups excluding carboxylic acids is 1. The van der Waals surface area contributed by atoms with E-state index < -0.39 is 23.1 Å². The SMILES string of the molecule is O=C(NCC1(C(=O)O)CC1)c1ccn(-c2ccccc2F)n1. The van der Waals surface area contributed by atoms with Crippen LogP contribution in [0.5, 0.6) is 0 Å². The van der Waals surface area contributed by atoms with Crippen molar-refractivity contribution in [1.82, 2.24) is 15.1 Å². The van der Waals surface area contributed by atoms with Gasteiger partial charge < -0.3 is 10.4 Å². The van der Waals surface area contributed by atoms with Gasteiger partial charge in [0.1, 0.15) is 11.5 Å². The van der Waals surface area contributed by atoms with E-state index in [9.17, 15) is 14.0 Å². The van der Waals surface area contributed by atoms with E-state index in [4.69, 9.17) is 5.11 Å². The minimum absolute atomic E-state index is 0.0771. The van der Waals surface area contributed by atoms with Gasteiger partial charge >= 0.3 is 5.97 Å². The van der Waals surface area contributed by atoms with Crippen LogP contribution >= 0.6 is 0 Å². The predicted octanol–water partition coefficient (Wildman–Crippen LogP) is 1.61. The molecule has 0 atom stereocenters. The number of para-hydroxylation sites is 1. The molecule has 2 aromatic rings. The summed E-state index contributed by atoms with van der Waals surface area (Å²) < 4.78 is 14.9. The number of nitrogens with one attached hydrogen (secondary N) is 1. The lowest BCUT2D eigenvalue weighted by Gasteiger charge is -2.09. The summed E-state index contributed by atoms with van der Waals surface area (Å²) in [5, 5.41) is 15.7. The molecule has 6 nitrogen and oxygen atoms in total. The van der Waals surface area contributed by atoms with Crippen LogP contribution in [0.4, 0.5) is 4.39 Å². The van der Waals surface area contributed by atoms with Crippen molar-refractivity contribution in [2.75, 3.05) is 6.54 Å². The first-order valence-electron chi connectivity index (χ1n) is 6.84. The summed E-state index contributed by atoms with van der Waals surface area (Å²) in [5.41, 5.74) is -0.473. The molecular weight excluding hydrogens is 289 g/mol. The predicted molar refractivity (Wildman–Crippen MR) is 75.2 cm³/mol. The molecule has 7 heteroatoms. The number of carbonyl (C=O) groups is 2. The number of carboxylic acids is 1. The zero-order chi connectivity index (χ0) is 15.7. The highest BCUT2D eigenvalue weighted by Crippen LogP contribution is 2.45. The Morgan fingerprint density at radius 3 is 2.68 bits per heavy atom. The number of aromatic nitrogens is 2. The van der Waals surface area contributed by atoms with Crippen LogP contribution < -0.4 is 5.32 Å². The monoisotopic (exact) mass is 303 g/mol. The van der Waals surface area contributed by atoms with E-state index in [2.05, 4.69) is 10.4 Å². The van der Waals surface area contributed by atoms with Crippen LogP contribution in [0.15, 0.2) is 36.5 Å². The molecule has 1 saturated carbocycles. The van der Waals surface area contributed by atoms with Gasteiger partial charge in [0.05, 0.1) is 5.41 Å². The maximum atomic E-state index is 13.7. The molecule has 0 bridgehead atoms. The number of nitrogens with zero attached hydrogens (tertiary/aromatic N) is 2. The van der Waals surface area contributed by atoms with E-state index in [-0.39, 0.29) is 17.9 Å². The van der Waals surface area contributed by atoms with E-state index in [0.717, 1.165) is 0 Å². The van der Waals surface area contributed by atoms with Crippen LogP contribution in [0.1, 0.15) is 23.3 Å². The molecule has 0 radical (unpaired) electrons. The molecule has 1 fully saturated rings. The zero-order valence-corrected chi connectivity index (χ0v) is 11.6. The second-order valence-corrected chi connectivity index (χ2v) is 5.37. The quantitative estimate of drug-likeness (QED) is 0.879. The molecule has 2 N–H and O–H groups in total. The molecule has 1 amide bonds. The Kier molecular flexibility index (Phi) is 3.40. The molecule has 0 saturated heterocycles. The van der Waals surface area contributed by atoms with E-state index in [1.165, 1.54) is 23.0 Å². The number of benzene rings is 1. The average molecular weight is 303 g/mol. The van der Waals surface area contributed by atoms with Crippen molar-refractivity contribution >= 4 is 11.9 Å². The second-order valence-electron chi connectivity index (χ2n) is 5.37. The van der Waals surface area contributed by atoms with Crippen LogP contribution in [-0.2, 0) is 4.79 Å². The molecule has 22 heavy (non-hydrogen) atoms. The Balaban J connectivity index is 1.70. The van der Waals surface area contributed by atoms with Crippen molar-refractivity contribution in [3.05, 3.63) is 48.0 Å². The van der Waals surface area contributed by atoms with Gasteiger partial charge in [-0.3, -0.25) is 9.59 Å². The van der Waals surface area contributed by atoms with Crippen LogP contribution in [0.2, 0.25) is 0 Å².